The van der Waals surface area contributed by atoms with Gasteiger partial charge in [-0.05, 0) is 71.4 Å². The molecule has 0 heterocycles. The lowest BCUT2D eigenvalue weighted by Gasteiger charge is -2.22. The third-order valence-electron chi connectivity index (χ3n) is 5.57. The lowest BCUT2D eigenvalue weighted by molar-refractivity contribution is 0.613. The molecule has 24 heavy (non-hydrogen) atoms. The summed E-state index contributed by atoms with van der Waals surface area (Å²) >= 11 is 0. The molecule has 2 atom stereocenters. The Bertz CT molecular complexity index is 767. The first-order chi connectivity index (χ1) is 11.5. The average Bonchev–Trinajstić information content (AvgIpc) is 3.23. The second-order valence-electron chi connectivity index (χ2n) is 7.27. The van der Waals surface area contributed by atoms with Gasteiger partial charge in [0.25, 0.3) is 0 Å². The molecule has 1 aromatic carbocycles. The summed E-state index contributed by atoms with van der Waals surface area (Å²) in [6, 6.07) is 9.75. The highest BCUT2D eigenvalue weighted by atomic mass is 14.5. The van der Waals surface area contributed by atoms with Gasteiger partial charge in [0, 0.05) is 0 Å². The second kappa shape index (κ2) is 6.65. The van der Waals surface area contributed by atoms with Crippen molar-refractivity contribution in [3.63, 3.8) is 0 Å². The largest absolute Gasteiger partial charge is 0.192 e. The molecule has 0 spiro atoms. The van der Waals surface area contributed by atoms with Crippen molar-refractivity contribution in [2.45, 2.75) is 39.5 Å². The topological polar surface area (TPSA) is 23.8 Å². The Labute approximate surface area is 145 Å². The van der Waals surface area contributed by atoms with Crippen molar-refractivity contribution in [1.29, 1.82) is 5.26 Å². The molecule has 0 bridgehead atoms. The standard InChI is InChI=1S/C23H25N/c1-17(20-13-11-19(16-24)12-14-20)7-6-9-21-8-4-5-10-22(21)23(3)15-18(23)2/h6-8,10-14,18H,1,4-5,9,15H2,2-3H3/b7-6-. The zero-order valence-electron chi connectivity index (χ0n) is 14.7. The first-order valence-corrected chi connectivity index (χ1v) is 8.80. The van der Waals surface area contributed by atoms with Crippen molar-refractivity contribution in [2.75, 3.05) is 0 Å². The Morgan fingerprint density at radius 2 is 1.96 bits per heavy atom. The summed E-state index contributed by atoms with van der Waals surface area (Å²) in [4.78, 5) is 0. The number of benzene rings is 1. The van der Waals surface area contributed by atoms with E-state index in [1.54, 1.807) is 5.57 Å². The normalized spacial score (nSPS) is 25.8. The average molecular weight is 315 g/mol. The summed E-state index contributed by atoms with van der Waals surface area (Å²) in [7, 11) is 0. The van der Waals surface area contributed by atoms with Crippen molar-refractivity contribution in [1.82, 2.24) is 0 Å². The van der Waals surface area contributed by atoms with Crippen LogP contribution in [0, 0.1) is 22.7 Å². The van der Waals surface area contributed by atoms with Gasteiger partial charge in [0.05, 0.1) is 11.6 Å². The summed E-state index contributed by atoms with van der Waals surface area (Å²) in [5.41, 5.74) is 6.23. The lowest BCUT2D eigenvalue weighted by Crippen LogP contribution is -2.07. The van der Waals surface area contributed by atoms with E-state index >= 15 is 0 Å². The summed E-state index contributed by atoms with van der Waals surface area (Å²) in [5.74, 6) is 0.808. The van der Waals surface area contributed by atoms with Gasteiger partial charge in [0.15, 0.2) is 0 Å². The van der Waals surface area contributed by atoms with Crippen LogP contribution < -0.4 is 0 Å². The van der Waals surface area contributed by atoms with E-state index < -0.39 is 0 Å². The van der Waals surface area contributed by atoms with Gasteiger partial charge in [-0.3, -0.25) is 0 Å². The Morgan fingerprint density at radius 1 is 1.29 bits per heavy atom. The van der Waals surface area contributed by atoms with Gasteiger partial charge in [-0.25, -0.2) is 0 Å². The first-order valence-electron chi connectivity index (χ1n) is 8.80. The molecule has 2 unspecified atom stereocenters. The molecule has 2 aliphatic rings. The maximum absolute atomic E-state index is 8.87. The molecule has 1 fully saturated rings. The zero-order valence-corrected chi connectivity index (χ0v) is 14.7. The van der Waals surface area contributed by atoms with Crippen LogP contribution >= 0.6 is 0 Å². The number of allylic oxidation sites excluding steroid dienone is 7. The number of hydrogen-bond acceptors (Lipinski definition) is 1. The third kappa shape index (κ3) is 3.29. The van der Waals surface area contributed by atoms with Gasteiger partial charge < -0.3 is 0 Å². The van der Waals surface area contributed by atoms with Crippen LogP contribution in [0.25, 0.3) is 5.57 Å². The van der Waals surface area contributed by atoms with Gasteiger partial charge in [0.2, 0.25) is 0 Å². The quantitative estimate of drug-likeness (QED) is 0.592. The van der Waals surface area contributed by atoms with E-state index in [1.807, 2.05) is 24.3 Å². The molecule has 3 rings (SSSR count). The molecule has 2 aliphatic carbocycles. The molecule has 0 N–H and O–H groups in total. The van der Waals surface area contributed by atoms with E-state index in [1.165, 1.54) is 18.4 Å². The molecule has 1 saturated carbocycles. The molecule has 0 aliphatic heterocycles. The van der Waals surface area contributed by atoms with Crippen LogP contribution in [0.1, 0.15) is 50.7 Å². The number of rotatable bonds is 5. The second-order valence-corrected chi connectivity index (χ2v) is 7.27. The maximum Gasteiger partial charge on any atom is 0.0991 e. The Kier molecular flexibility index (Phi) is 4.58. The lowest BCUT2D eigenvalue weighted by atomic mass is 9.83. The molecule has 1 aromatic rings. The molecule has 0 aromatic heterocycles. The molecule has 1 nitrogen and oxygen atoms in total. The summed E-state index contributed by atoms with van der Waals surface area (Å²) in [5, 5.41) is 8.87. The first kappa shape index (κ1) is 16.5. The van der Waals surface area contributed by atoms with Gasteiger partial charge in [0.1, 0.15) is 0 Å². The zero-order chi connectivity index (χ0) is 17.2. The van der Waals surface area contributed by atoms with Gasteiger partial charge >= 0.3 is 0 Å². The van der Waals surface area contributed by atoms with E-state index in [9.17, 15) is 0 Å². The monoisotopic (exact) mass is 315 g/mol. The van der Waals surface area contributed by atoms with E-state index in [-0.39, 0.29) is 0 Å². The molecule has 0 saturated heterocycles. The van der Waals surface area contributed by atoms with Crippen LogP contribution in [0.2, 0.25) is 0 Å². The summed E-state index contributed by atoms with van der Waals surface area (Å²) in [6.07, 6.45) is 13.8. The van der Waals surface area contributed by atoms with Crippen LogP contribution in [0.3, 0.4) is 0 Å². The van der Waals surface area contributed by atoms with Crippen LogP contribution in [-0.4, -0.2) is 0 Å². The van der Waals surface area contributed by atoms with E-state index in [0.29, 0.717) is 11.0 Å². The molecule has 0 radical (unpaired) electrons. The summed E-state index contributed by atoms with van der Waals surface area (Å²) < 4.78 is 0. The van der Waals surface area contributed by atoms with Crippen LogP contribution in [0.15, 0.2) is 66.3 Å². The van der Waals surface area contributed by atoms with Crippen molar-refractivity contribution in [3.8, 4) is 6.07 Å². The summed E-state index contributed by atoms with van der Waals surface area (Å²) in [6.45, 7) is 8.91. The van der Waals surface area contributed by atoms with Gasteiger partial charge in [-0.2, -0.15) is 5.26 Å². The molecular formula is C23H25N. The highest BCUT2D eigenvalue weighted by molar-refractivity contribution is 5.72. The SMILES string of the molecule is C=C(/C=C\CC1=CCCC=C1C1(C)CC1C)c1ccc(C#N)cc1. The molecular weight excluding hydrogens is 290 g/mol. The van der Waals surface area contributed by atoms with Gasteiger partial charge in [-0.15, -0.1) is 0 Å². The van der Waals surface area contributed by atoms with E-state index in [4.69, 9.17) is 5.26 Å². The van der Waals surface area contributed by atoms with Crippen molar-refractivity contribution in [2.24, 2.45) is 11.3 Å². The van der Waals surface area contributed by atoms with Gasteiger partial charge in [-0.1, -0.05) is 56.9 Å². The predicted molar refractivity (Wildman–Crippen MR) is 101 cm³/mol. The van der Waals surface area contributed by atoms with E-state index in [0.717, 1.165) is 29.9 Å². The minimum Gasteiger partial charge on any atom is -0.192 e. The third-order valence-corrected chi connectivity index (χ3v) is 5.57. The maximum atomic E-state index is 8.87. The minimum atomic E-state index is 0.407. The Hall–Kier alpha value is -2.33. The fourth-order valence-corrected chi connectivity index (χ4v) is 3.66. The highest BCUT2D eigenvalue weighted by Gasteiger charge is 2.49. The molecule has 1 heteroatoms. The van der Waals surface area contributed by atoms with Crippen LogP contribution in [-0.2, 0) is 0 Å². The fourth-order valence-electron chi connectivity index (χ4n) is 3.66. The number of hydrogen-bond donors (Lipinski definition) is 0. The molecule has 122 valence electrons. The smallest absolute Gasteiger partial charge is 0.0991 e. The van der Waals surface area contributed by atoms with E-state index in [2.05, 4.69) is 50.8 Å². The number of nitriles is 1. The Balaban J connectivity index is 1.65. The molecule has 0 amide bonds. The highest BCUT2D eigenvalue weighted by Crippen LogP contribution is 2.59. The Morgan fingerprint density at radius 3 is 2.58 bits per heavy atom. The van der Waals surface area contributed by atoms with Crippen molar-refractivity contribution < 1.29 is 0 Å². The minimum absolute atomic E-state index is 0.407. The van der Waals surface area contributed by atoms with Crippen molar-refractivity contribution in [3.05, 3.63) is 77.4 Å². The van der Waals surface area contributed by atoms with Crippen LogP contribution in [0.5, 0.6) is 0 Å². The fraction of sp³-hybridized carbons (Fsp3) is 0.348. The van der Waals surface area contributed by atoms with Crippen molar-refractivity contribution >= 4 is 5.57 Å². The van der Waals surface area contributed by atoms with Crippen LogP contribution in [0.4, 0.5) is 0 Å². The predicted octanol–water partition coefficient (Wildman–Crippen LogP) is 6.21. The number of nitrogens with zero attached hydrogens (tertiary/aromatic N) is 1.